The van der Waals surface area contributed by atoms with Crippen LogP contribution in [0.5, 0.6) is 0 Å². The zero-order valence-corrected chi connectivity index (χ0v) is 29.2. The molecule has 0 aliphatic heterocycles. The zero-order chi connectivity index (χ0) is 35.6. The number of furan rings is 2. The van der Waals surface area contributed by atoms with Crippen LogP contribution in [-0.2, 0) is 6.42 Å². The number of aryl methyl sites for hydroxylation is 1. The molecule has 0 atom stereocenters. The van der Waals surface area contributed by atoms with Crippen LogP contribution >= 0.6 is 0 Å². The normalized spacial score (nSPS) is 12.8. The number of allylic oxidation sites excluding steroid dienone is 1. The third-order valence-electron chi connectivity index (χ3n) is 10.6. The molecule has 54 heavy (non-hydrogen) atoms. The van der Waals surface area contributed by atoms with Gasteiger partial charge in [-0.15, -0.1) is 0 Å². The first-order valence-corrected chi connectivity index (χ1v) is 18.3. The Morgan fingerprint density at radius 3 is 1.91 bits per heavy atom. The minimum absolute atomic E-state index is 0.634. The molecule has 0 saturated heterocycles. The fourth-order valence-corrected chi connectivity index (χ4v) is 8.05. The first kappa shape index (κ1) is 30.5. The van der Waals surface area contributed by atoms with Crippen molar-refractivity contribution >= 4 is 49.3 Å². The molecule has 1 aliphatic rings. The van der Waals surface area contributed by atoms with Gasteiger partial charge >= 0.3 is 0 Å². The zero-order valence-electron chi connectivity index (χ0n) is 29.2. The largest absolute Gasteiger partial charge is 0.460 e. The van der Waals surface area contributed by atoms with Crippen molar-refractivity contribution in [2.45, 2.75) is 12.8 Å². The van der Waals surface area contributed by atoms with E-state index in [2.05, 4.69) is 115 Å². The highest BCUT2D eigenvalue weighted by Gasteiger charge is 2.25. The Kier molecular flexibility index (Phi) is 6.92. The fraction of sp³-hybridized carbons (Fsp3) is 0.0408. The molecule has 7 aromatic carbocycles. The standard InChI is InChI=1S/C49H31N3O2/c1-3-12-30(13-4-1)37-18-9-19-39-44-36(17-10-23-43(44)54-46(37)39)34-26-24-33-29-35(27-25-32(33)28-34)48-50-47(31-14-5-2-6-15-31)51-49(52-48)40-20-11-22-42-45(40)38-16-7-8-21-41(38)53-42/h1-10,12-21,23-29H,11,22H2. The van der Waals surface area contributed by atoms with Gasteiger partial charge in [-0.3, -0.25) is 0 Å². The number of nitrogens with zero attached hydrogens (tertiary/aromatic N) is 3. The molecule has 0 unspecified atom stereocenters. The minimum Gasteiger partial charge on any atom is -0.460 e. The molecule has 0 bridgehead atoms. The van der Waals surface area contributed by atoms with Crippen LogP contribution in [0.15, 0.2) is 173 Å². The van der Waals surface area contributed by atoms with E-state index in [1.807, 2.05) is 48.5 Å². The number of aromatic nitrogens is 3. The highest BCUT2D eigenvalue weighted by molar-refractivity contribution is 6.15. The molecule has 0 radical (unpaired) electrons. The number of rotatable bonds is 5. The van der Waals surface area contributed by atoms with E-state index in [4.69, 9.17) is 23.8 Å². The molecule has 3 aromatic heterocycles. The predicted molar refractivity (Wildman–Crippen MR) is 218 cm³/mol. The quantitative estimate of drug-likeness (QED) is 0.179. The Labute approximate surface area is 310 Å². The summed E-state index contributed by atoms with van der Waals surface area (Å²) < 4.78 is 12.9. The van der Waals surface area contributed by atoms with E-state index < -0.39 is 0 Å². The maximum absolute atomic E-state index is 6.56. The molecule has 1 aliphatic carbocycles. The van der Waals surface area contributed by atoms with E-state index >= 15 is 0 Å². The Balaban J connectivity index is 1.02. The van der Waals surface area contributed by atoms with Gasteiger partial charge in [-0.2, -0.15) is 0 Å². The van der Waals surface area contributed by atoms with Gasteiger partial charge in [0.15, 0.2) is 17.5 Å². The lowest BCUT2D eigenvalue weighted by Gasteiger charge is -2.15. The molecule has 0 fully saturated rings. The van der Waals surface area contributed by atoms with Crippen molar-refractivity contribution in [1.82, 2.24) is 15.0 Å². The molecular weight excluding hydrogens is 663 g/mol. The average Bonchev–Trinajstić information content (AvgIpc) is 3.83. The molecule has 5 heteroatoms. The van der Waals surface area contributed by atoms with Crippen molar-refractivity contribution in [2.75, 3.05) is 0 Å². The maximum atomic E-state index is 6.56. The van der Waals surface area contributed by atoms with Crippen molar-refractivity contribution in [1.29, 1.82) is 0 Å². The monoisotopic (exact) mass is 693 g/mol. The molecule has 0 saturated carbocycles. The van der Waals surface area contributed by atoms with Crippen molar-refractivity contribution in [2.24, 2.45) is 0 Å². The average molecular weight is 694 g/mol. The predicted octanol–water partition coefficient (Wildman–Crippen LogP) is 12.7. The Morgan fingerprint density at radius 1 is 0.444 bits per heavy atom. The van der Waals surface area contributed by atoms with Gasteiger partial charge in [0, 0.05) is 50.4 Å². The molecule has 0 amide bonds. The molecule has 254 valence electrons. The fourth-order valence-electron chi connectivity index (χ4n) is 8.05. The first-order chi connectivity index (χ1) is 26.7. The summed E-state index contributed by atoms with van der Waals surface area (Å²) in [4.78, 5) is 15.3. The molecule has 3 heterocycles. The smallest absolute Gasteiger partial charge is 0.164 e. The lowest BCUT2D eigenvalue weighted by molar-refractivity contribution is 0.545. The van der Waals surface area contributed by atoms with Crippen LogP contribution in [0, 0.1) is 0 Å². The Morgan fingerprint density at radius 2 is 1.07 bits per heavy atom. The van der Waals surface area contributed by atoms with Crippen LogP contribution in [0.4, 0.5) is 0 Å². The summed E-state index contributed by atoms with van der Waals surface area (Å²) in [7, 11) is 0. The molecule has 0 spiro atoms. The van der Waals surface area contributed by atoms with Gasteiger partial charge in [0.05, 0.1) is 0 Å². The minimum atomic E-state index is 0.634. The summed E-state index contributed by atoms with van der Waals surface area (Å²) in [6.45, 7) is 0. The summed E-state index contributed by atoms with van der Waals surface area (Å²) in [6, 6.07) is 54.7. The highest BCUT2D eigenvalue weighted by Crippen LogP contribution is 2.42. The highest BCUT2D eigenvalue weighted by atomic mass is 16.3. The van der Waals surface area contributed by atoms with Gasteiger partial charge in [-0.1, -0.05) is 140 Å². The van der Waals surface area contributed by atoms with Gasteiger partial charge in [-0.05, 0) is 58.1 Å². The van der Waals surface area contributed by atoms with Crippen LogP contribution in [0.25, 0.3) is 94.3 Å². The Hall–Kier alpha value is -7.11. The van der Waals surface area contributed by atoms with Crippen LogP contribution in [0.1, 0.15) is 23.6 Å². The van der Waals surface area contributed by atoms with Crippen molar-refractivity contribution in [3.05, 3.63) is 181 Å². The van der Waals surface area contributed by atoms with E-state index in [-0.39, 0.29) is 0 Å². The summed E-state index contributed by atoms with van der Waals surface area (Å²) in [6.07, 6.45) is 3.95. The van der Waals surface area contributed by atoms with E-state index in [1.54, 1.807) is 0 Å². The van der Waals surface area contributed by atoms with Gasteiger partial charge in [-0.25, -0.2) is 15.0 Å². The summed E-state index contributed by atoms with van der Waals surface area (Å²) in [5.74, 6) is 2.91. The van der Waals surface area contributed by atoms with Crippen LogP contribution < -0.4 is 0 Å². The second kappa shape index (κ2) is 12.2. The van der Waals surface area contributed by atoms with E-state index in [0.717, 1.165) is 107 Å². The number of para-hydroxylation sites is 2. The number of fused-ring (bicyclic) bond motifs is 7. The van der Waals surface area contributed by atoms with Crippen molar-refractivity contribution in [3.63, 3.8) is 0 Å². The second-order valence-electron chi connectivity index (χ2n) is 13.8. The topological polar surface area (TPSA) is 65.0 Å². The van der Waals surface area contributed by atoms with Crippen LogP contribution in [0.3, 0.4) is 0 Å². The van der Waals surface area contributed by atoms with Crippen molar-refractivity contribution in [3.8, 4) is 45.0 Å². The number of hydrogen-bond donors (Lipinski definition) is 0. The summed E-state index contributed by atoms with van der Waals surface area (Å²) in [5, 5.41) is 5.56. The van der Waals surface area contributed by atoms with E-state index in [1.165, 1.54) is 0 Å². The van der Waals surface area contributed by atoms with Gasteiger partial charge < -0.3 is 8.83 Å². The van der Waals surface area contributed by atoms with Crippen molar-refractivity contribution < 1.29 is 8.83 Å². The van der Waals surface area contributed by atoms with Crippen LogP contribution in [0.2, 0.25) is 0 Å². The SMILES string of the molecule is C1=C(c2nc(-c3ccccc3)nc(-c3ccc4cc(-c5cccc6oc7c(-c8ccccc8)cccc7c56)ccc4c3)n2)c2c(oc3ccccc23)CC1. The third-order valence-corrected chi connectivity index (χ3v) is 10.6. The maximum Gasteiger partial charge on any atom is 0.164 e. The number of benzene rings is 7. The molecule has 10 aromatic rings. The second-order valence-corrected chi connectivity index (χ2v) is 13.8. The lowest BCUT2D eigenvalue weighted by Crippen LogP contribution is -2.06. The molecule has 0 N–H and O–H groups in total. The Bertz CT molecular complexity index is 3100. The third kappa shape index (κ3) is 4.97. The molecular formula is C49H31N3O2. The molecule has 5 nitrogen and oxygen atoms in total. The van der Waals surface area contributed by atoms with Gasteiger partial charge in [0.1, 0.15) is 22.5 Å². The lowest BCUT2D eigenvalue weighted by atomic mass is 9.93. The number of hydrogen-bond acceptors (Lipinski definition) is 5. The first-order valence-electron chi connectivity index (χ1n) is 18.3. The summed E-state index contributed by atoms with van der Waals surface area (Å²) >= 11 is 0. The summed E-state index contributed by atoms with van der Waals surface area (Å²) in [5.41, 5.74) is 11.1. The van der Waals surface area contributed by atoms with Crippen LogP contribution in [-0.4, -0.2) is 15.0 Å². The van der Waals surface area contributed by atoms with Gasteiger partial charge in [0.25, 0.3) is 0 Å². The molecule has 11 rings (SSSR count). The van der Waals surface area contributed by atoms with E-state index in [9.17, 15) is 0 Å². The van der Waals surface area contributed by atoms with Gasteiger partial charge in [0.2, 0.25) is 0 Å². The van der Waals surface area contributed by atoms with E-state index in [0.29, 0.717) is 17.5 Å².